The summed E-state index contributed by atoms with van der Waals surface area (Å²) in [5, 5.41) is 5.73. The number of anilines is 3. The van der Waals surface area contributed by atoms with E-state index in [1.807, 2.05) is 21.9 Å². The van der Waals surface area contributed by atoms with Gasteiger partial charge in [-0.3, -0.25) is 43.9 Å². The minimum Gasteiger partial charge on any atom is -0.439 e. The first-order valence-corrected chi connectivity index (χ1v) is 23.6. The Bertz CT molecular complexity index is 2820. The molecule has 0 aliphatic carbocycles. The number of ether oxygens (including phenoxy) is 1. The first-order valence-electron chi connectivity index (χ1n) is 22.1. The van der Waals surface area contributed by atoms with Crippen LogP contribution in [0.1, 0.15) is 73.0 Å². The molecular weight excluding hydrogens is 907 g/mol. The highest BCUT2D eigenvalue weighted by atomic mass is 32.2. The molecule has 358 valence electrons. The number of H-pyrrole nitrogens is 1. The van der Waals surface area contributed by atoms with Gasteiger partial charge in [0.25, 0.3) is 12.4 Å². The van der Waals surface area contributed by atoms with Gasteiger partial charge in [-0.15, -0.1) is 0 Å². The number of rotatable bonds is 16. The second-order valence-electron chi connectivity index (χ2n) is 16.9. The maximum atomic E-state index is 15.7. The number of halogens is 2. The number of aromatic nitrogens is 5. The van der Waals surface area contributed by atoms with Crippen LogP contribution in [-0.4, -0.2) is 143 Å². The molecule has 8 rings (SSSR count). The summed E-state index contributed by atoms with van der Waals surface area (Å²) in [6, 6.07) is 6.46. The van der Waals surface area contributed by atoms with Gasteiger partial charge in [-0.25, -0.2) is 23.7 Å². The molecule has 2 unspecified atom stereocenters. The van der Waals surface area contributed by atoms with Crippen molar-refractivity contribution in [2.24, 2.45) is 0 Å². The number of aromatic amines is 1. The van der Waals surface area contributed by atoms with Gasteiger partial charge in [0.2, 0.25) is 29.8 Å². The first kappa shape index (κ1) is 47.5. The van der Waals surface area contributed by atoms with Crippen LogP contribution in [-0.2, 0) is 34.1 Å². The molecule has 0 bridgehead atoms. The maximum Gasteiger partial charge on any atom is 0.301 e. The molecule has 3 aliphatic rings. The Balaban J connectivity index is 0.858. The Hall–Kier alpha value is -6.98. The van der Waals surface area contributed by atoms with Gasteiger partial charge in [0.05, 0.1) is 23.1 Å². The second-order valence-corrected chi connectivity index (χ2v) is 18.7. The van der Waals surface area contributed by atoms with Gasteiger partial charge in [0, 0.05) is 118 Å². The fourth-order valence-electron chi connectivity index (χ4n) is 8.70. The van der Waals surface area contributed by atoms with Gasteiger partial charge in [-0.2, -0.15) is 12.7 Å². The SMILES string of the molecule is CCN(C)S(=O)(=O)Nc1ccc(F)c(C(=O)c2c[nH]c3ncc(-c4cnc(N5CCC(N(C)C(=O)C(OC=O)N6CCC(c7ccc(NC8CCC(=O)NC8=O)cn7)CC6)CC5)nc4)cc23)c1F. The van der Waals surface area contributed by atoms with Crippen LogP contribution in [0.25, 0.3) is 22.2 Å². The van der Waals surface area contributed by atoms with Gasteiger partial charge < -0.3 is 24.8 Å². The number of pyridine rings is 2. The maximum absolute atomic E-state index is 15.7. The predicted octanol–water partition coefficient (Wildman–Crippen LogP) is 3.56. The number of amides is 3. The quantitative estimate of drug-likeness (QED) is 0.0628. The molecular formula is C45H50F2N12O8S. The highest BCUT2D eigenvalue weighted by molar-refractivity contribution is 7.90. The summed E-state index contributed by atoms with van der Waals surface area (Å²) in [7, 11) is -1.17. The number of hydrogen-bond acceptors (Lipinski definition) is 15. The minimum absolute atomic E-state index is 0.0861. The molecule has 2 atom stereocenters. The number of likely N-dealkylation sites (tertiary alicyclic amines) is 1. The van der Waals surface area contributed by atoms with E-state index in [9.17, 15) is 32.4 Å². The van der Waals surface area contributed by atoms with Gasteiger partial charge in [-0.1, -0.05) is 6.92 Å². The molecule has 3 amide bonds. The van der Waals surface area contributed by atoms with Crippen LogP contribution in [0.15, 0.2) is 61.3 Å². The summed E-state index contributed by atoms with van der Waals surface area (Å²) < 4.78 is 64.3. The number of hydrogen-bond donors (Lipinski definition) is 4. The number of carbonyl (C=O) groups is 5. The number of imide groups is 1. The summed E-state index contributed by atoms with van der Waals surface area (Å²) >= 11 is 0. The normalized spacial score (nSPS) is 18.0. The lowest BCUT2D eigenvalue weighted by Crippen LogP contribution is -2.55. The van der Waals surface area contributed by atoms with Crippen LogP contribution in [0.2, 0.25) is 0 Å². The largest absolute Gasteiger partial charge is 0.439 e. The Morgan fingerprint density at radius 2 is 1.66 bits per heavy atom. The van der Waals surface area contributed by atoms with E-state index in [0.29, 0.717) is 87.5 Å². The molecule has 3 fully saturated rings. The fraction of sp³-hybridized carbons (Fsp3) is 0.400. The highest BCUT2D eigenvalue weighted by Crippen LogP contribution is 2.32. The third kappa shape index (κ3) is 9.99. The number of nitrogens with one attached hydrogen (secondary N) is 4. The van der Waals surface area contributed by atoms with Crippen LogP contribution in [0.4, 0.5) is 26.1 Å². The van der Waals surface area contributed by atoms with E-state index >= 15 is 8.78 Å². The summed E-state index contributed by atoms with van der Waals surface area (Å²) in [6.07, 6.45) is 9.85. The van der Waals surface area contributed by atoms with Crippen LogP contribution in [0.5, 0.6) is 0 Å². The predicted molar refractivity (Wildman–Crippen MR) is 244 cm³/mol. The van der Waals surface area contributed by atoms with Crippen molar-refractivity contribution in [2.75, 3.05) is 61.8 Å². The van der Waals surface area contributed by atoms with Crippen LogP contribution in [0, 0.1) is 11.6 Å². The number of likely N-dealkylation sites (N-methyl/N-ethyl adjacent to an activating group) is 1. The molecule has 3 aliphatic heterocycles. The number of piperidine rings is 3. The topological polar surface area (TPSA) is 245 Å². The lowest BCUT2D eigenvalue weighted by atomic mass is 9.92. The van der Waals surface area contributed by atoms with Crippen molar-refractivity contribution < 1.29 is 45.9 Å². The van der Waals surface area contributed by atoms with E-state index in [4.69, 9.17) is 4.74 Å². The molecule has 0 saturated carbocycles. The highest BCUT2D eigenvalue weighted by Gasteiger charge is 2.37. The van der Waals surface area contributed by atoms with Gasteiger partial charge >= 0.3 is 10.2 Å². The van der Waals surface area contributed by atoms with E-state index in [1.165, 1.54) is 19.4 Å². The average molecular weight is 957 g/mol. The number of benzene rings is 1. The minimum atomic E-state index is -4.17. The molecule has 0 spiro atoms. The molecule has 68 heavy (non-hydrogen) atoms. The molecule has 4 N–H and O–H groups in total. The van der Waals surface area contributed by atoms with Crippen molar-refractivity contribution in [3.8, 4) is 11.1 Å². The van der Waals surface area contributed by atoms with E-state index < -0.39 is 51.1 Å². The summed E-state index contributed by atoms with van der Waals surface area (Å²) in [6.45, 7) is 4.05. The second kappa shape index (κ2) is 20.1. The van der Waals surface area contributed by atoms with Gasteiger partial charge in [-0.05, 0) is 62.4 Å². The smallest absolute Gasteiger partial charge is 0.301 e. The zero-order valence-electron chi connectivity index (χ0n) is 37.4. The average Bonchev–Trinajstić information content (AvgIpc) is 3.78. The Kier molecular flexibility index (Phi) is 14.0. The molecule has 1 aromatic carbocycles. The monoisotopic (exact) mass is 956 g/mol. The molecule has 23 heteroatoms. The van der Waals surface area contributed by atoms with E-state index in [-0.39, 0.29) is 59.2 Å². The number of carbonyl (C=O) groups excluding carboxylic acids is 5. The van der Waals surface area contributed by atoms with E-state index in [2.05, 4.69) is 40.3 Å². The van der Waals surface area contributed by atoms with Crippen LogP contribution < -0.4 is 20.3 Å². The summed E-state index contributed by atoms with van der Waals surface area (Å²) in [5.74, 6) is -3.94. The van der Waals surface area contributed by atoms with Crippen LogP contribution >= 0.6 is 0 Å². The van der Waals surface area contributed by atoms with Crippen molar-refractivity contribution in [2.45, 2.75) is 69.7 Å². The Morgan fingerprint density at radius 1 is 0.941 bits per heavy atom. The molecule has 3 saturated heterocycles. The van der Waals surface area contributed by atoms with Crippen molar-refractivity contribution in [3.05, 3.63) is 89.8 Å². The third-order valence-electron chi connectivity index (χ3n) is 12.8. The third-order valence-corrected chi connectivity index (χ3v) is 14.4. The number of fused-ring (bicyclic) bond motifs is 1. The molecule has 20 nitrogen and oxygen atoms in total. The van der Waals surface area contributed by atoms with Crippen LogP contribution in [0.3, 0.4) is 0 Å². The standard InChI is InChI=1S/C45H50F2N12O8S/c1-4-56(2)68(65,66)55-35-8-6-33(46)38(39(35)47)40(62)32-24-50-41-31(32)19-27(20-49-41)28-21-51-45(52-22-28)59-17-13-30(14-18-59)57(3)43(64)44(67-25-60)58-15-11-26(12-16-58)34-7-5-29(23-48-34)53-36-9-10-37(61)54-42(36)63/h5-8,19-26,30,36,44,53,55H,4,9-18H2,1-3H3,(H,49,50)(H,54,61,63). The van der Waals surface area contributed by atoms with Crippen molar-refractivity contribution in [1.29, 1.82) is 0 Å². The van der Waals surface area contributed by atoms with Crippen molar-refractivity contribution in [3.63, 3.8) is 0 Å². The summed E-state index contributed by atoms with van der Waals surface area (Å²) in [4.78, 5) is 89.4. The van der Waals surface area contributed by atoms with Crippen molar-refractivity contribution >= 4 is 68.5 Å². The van der Waals surface area contributed by atoms with E-state index in [1.54, 1.807) is 43.5 Å². The number of ketones is 1. The van der Waals surface area contributed by atoms with Crippen molar-refractivity contribution in [1.82, 2.24) is 44.3 Å². The number of nitrogens with zero attached hydrogens (tertiary/aromatic N) is 8. The molecule has 7 heterocycles. The zero-order valence-corrected chi connectivity index (χ0v) is 38.3. The first-order chi connectivity index (χ1) is 32.6. The Labute approximate surface area is 390 Å². The zero-order chi connectivity index (χ0) is 48.3. The molecule has 0 radical (unpaired) electrons. The van der Waals surface area contributed by atoms with E-state index in [0.717, 1.165) is 22.1 Å². The lowest BCUT2D eigenvalue weighted by Gasteiger charge is -2.40. The van der Waals surface area contributed by atoms with Gasteiger partial charge in [0.1, 0.15) is 17.5 Å². The summed E-state index contributed by atoms with van der Waals surface area (Å²) in [5.41, 5.74) is 1.29. The van der Waals surface area contributed by atoms with Gasteiger partial charge in [0.15, 0.2) is 5.82 Å². The fourth-order valence-corrected chi connectivity index (χ4v) is 9.63. The Morgan fingerprint density at radius 3 is 2.32 bits per heavy atom. The lowest BCUT2D eigenvalue weighted by molar-refractivity contribution is -0.166. The molecule has 4 aromatic heterocycles. The molecule has 5 aromatic rings.